The van der Waals surface area contributed by atoms with E-state index in [9.17, 15) is 9.18 Å². The Balaban J connectivity index is 2.03. The molecular formula is C13H19FN4O. The molecule has 1 aromatic rings. The molecule has 6 heteroatoms. The monoisotopic (exact) mass is 266 g/mol. The predicted octanol–water partition coefficient (Wildman–Crippen LogP) is 2.86. The van der Waals surface area contributed by atoms with Gasteiger partial charge >= 0.3 is 6.03 Å². The topological polar surface area (TPSA) is 50.2 Å². The normalized spacial score (nSPS) is 15.6. The summed E-state index contributed by atoms with van der Waals surface area (Å²) < 4.78 is 15.0. The summed E-state index contributed by atoms with van der Waals surface area (Å²) in [5, 5.41) is 7.02. The number of anilines is 1. The van der Waals surface area contributed by atoms with E-state index < -0.39 is 0 Å². The average molecular weight is 266 g/mol. The van der Waals surface area contributed by atoms with Gasteiger partial charge in [-0.25, -0.2) is 9.18 Å². The van der Waals surface area contributed by atoms with Crippen LogP contribution >= 0.6 is 0 Å². The first-order valence-electron chi connectivity index (χ1n) is 6.44. The van der Waals surface area contributed by atoms with Crippen LogP contribution in [0.15, 0.2) is 18.0 Å². The summed E-state index contributed by atoms with van der Waals surface area (Å²) in [5.74, 6) is 0.247. The summed E-state index contributed by atoms with van der Waals surface area (Å²) in [4.78, 5) is 13.4. The lowest BCUT2D eigenvalue weighted by Crippen LogP contribution is -2.38. The molecule has 104 valence electrons. The summed E-state index contributed by atoms with van der Waals surface area (Å²) in [6.45, 7) is 6.55. The first-order valence-corrected chi connectivity index (χ1v) is 6.44. The minimum atomic E-state index is -0.309. The van der Waals surface area contributed by atoms with Gasteiger partial charge < -0.3 is 4.90 Å². The van der Waals surface area contributed by atoms with Crippen LogP contribution in [-0.2, 0) is 0 Å². The van der Waals surface area contributed by atoms with Crippen LogP contribution in [0.4, 0.5) is 15.0 Å². The number of aromatic nitrogens is 2. The standard InChI is InChI=1S/C13H19FN4O/c1-9(2)18-10(3)7-12(16-18)15-13(19)17-6-4-5-11(14)8-17/h5,7,9H,4,6,8H2,1-3H3,(H,15,16,19). The van der Waals surface area contributed by atoms with Crippen LogP contribution in [0.1, 0.15) is 32.0 Å². The van der Waals surface area contributed by atoms with Crippen molar-refractivity contribution in [3.05, 3.63) is 23.7 Å². The number of hydrogen-bond acceptors (Lipinski definition) is 2. The molecule has 0 saturated heterocycles. The summed E-state index contributed by atoms with van der Waals surface area (Å²) in [5.41, 5.74) is 0.982. The van der Waals surface area contributed by atoms with Gasteiger partial charge in [-0.15, -0.1) is 0 Å². The van der Waals surface area contributed by atoms with Crippen molar-refractivity contribution < 1.29 is 9.18 Å². The van der Waals surface area contributed by atoms with Gasteiger partial charge in [-0.2, -0.15) is 5.10 Å². The Bertz CT molecular complexity index is 507. The van der Waals surface area contributed by atoms with Gasteiger partial charge in [0.25, 0.3) is 0 Å². The molecule has 0 atom stereocenters. The molecule has 0 saturated carbocycles. The third-order valence-corrected chi connectivity index (χ3v) is 3.04. The van der Waals surface area contributed by atoms with Crippen molar-refractivity contribution in [2.75, 3.05) is 18.4 Å². The molecule has 1 N–H and O–H groups in total. The third-order valence-electron chi connectivity index (χ3n) is 3.04. The van der Waals surface area contributed by atoms with Gasteiger partial charge in [0.05, 0.1) is 6.54 Å². The third kappa shape index (κ3) is 3.13. The number of hydrogen-bond donors (Lipinski definition) is 1. The van der Waals surface area contributed by atoms with Gasteiger partial charge in [0.1, 0.15) is 5.83 Å². The largest absolute Gasteiger partial charge is 0.323 e. The quantitative estimate of drug-likeness (QED) is 0.894. The number of nitrogens with zero attached hydrogens (tertiary/aromatic N) is 3. The van der Waals surface area contributed by atoms with E-state index in [0.29, 0.717) is 18.8 Å². The molecule has 0 aromatic carbocycles. The summed E-state index contributed by atoms with van der Waals surface area (Å²) in [6, 6.07) is 1.74. The van der Waals surface area contributed by atoms with Crippen LogP contribution in [0.25, 0.3) is 0 Å². The maximum Gasteiger partial charge on any atom is 0.323 e. The second kappa shape index (κ2) is 5.42. The van der Waals surface area contributed by atoms with Gasteiger partial charge in [0.2, 0.25) is 0 Å². The Labute approximate surface area is 112 Å². The summed E-state index contributed by atoms with van der Waals surface area (Å²) in [7, 11) is 0. The maximum atomic E-state index is 13.1. The van der Waals surface area contributed by atoms with E-state index in [1.54, 1.807) is 0 Å². The molecule has 0 radical (unpaired) electrons. The van der Waals surface area contributed by atoms with Crippen molar-refractivity contribution >= 4 is 11.8 Å². The van der Waals surface area contributed by atoms with Crippen LogP contribution in [0.5, 0.6) is 0 Å². The summed E-state index contributed by atoms with van der Waals surface area (Å²) >= 11 is 0. The van der Waals surface area contributed by atoms with E-state index >= 15 is 0 Å². The molecule has 0 unspecified atom stereocenters. The molecule has 0 fully saturated rings. The molecule has 2 heterocycles. The van der Waals surface area contributed by atoms with Crippen molar-refractivity contribution in [1.29, 1.82) is 0 Å². The Hall–Kier alpha value is -1.85. The highest BCUT2D eigenvalue weighted by Crippen LogP contribution is 2.16. The lowest BCUT2D eigenvalue weighted by Gasteiger charge is -2.24. The second-order valence-electron chi connectivity index (χ2n) is 5.00. The van der Waals surface area contributed by atoms with Gasteiger partial charge in [-0.05, 0) is 33.3 Å². The molecule has 5 nitrogen and oxygen atoms in total. The summed E-state index contributed by atoms with van der Waals surface area (Å²) in [6.07, 6.45) is 2.07. The zero-order valence-corrected chi connectivity index (χ0v) is 11.5. The zero-order valence-electron chi connectivity index (χ0n) is 11.5. The van der Waals surface area contributed by atoms with E-state index in [1.165, 1.54) is 11.0 Å². The number of aryl methyl sites for hydroxylation is 1. The van der Waals surface area contributed by atoms with Crippen molar-refractivity contribution in [3.63, 3.8) is 0 Å². The molecule has 0 bridgehead atoms. The van der Waals surface area contributed by atoms with Crippen LogP contribution in [0, 0.1) is 6.92 Å². The number of urea groups is 1. The number of carbonyl (C=O) groups is 1. The van der Waals surface area contributed by atoms with Crippen LogP contribution in [0.2, 0.25) is 0 Å². The predicted molar refractivity (Wildman–Crippen MR) is 71.7 cm³/mol. The molecule has 1 aliphatic rings. The number of rotatable bonds is 2. The minimum absolute atomic E-state index is 0.0374. The fourth-order valence-electron chi connectivity index (χ4n) is 2.14. The zero-order chi connectivity index (χ0) is 14.0. The number of amides is 2. The highest BCUT2D eigenvalue weighted by atomic mass is 19.1. The second-order valence-corrected chi connectivity index (χ2v) is 5.00. The number of carbonyl (C=O) groups excluding carboxylic acids is 1. The lowest BCUT2D eigenvalue weighted by atomic mass is 10.2. The van der Waals surface area contributed by atoms with Crippen molar-refractivity contribution in [1.82, 2.24) is 14.7 Å². The molecule has 0 aliphatic carbocycles. The Kier molecular flexibility index (Phi) is 3.87. The van der Waals surface area contributed by atoms with Crippen molar-refractivity contribution in [3.8, 4) is 0 Å². The number of nitrogens with one attached hydrogen (secondary N) is 1. The van der Waals surface area contributed by atoms with E-state index in [0.717, 1.165) is 5.69 Å². The van der Waals surface area contributed by atoms with E-state index in [1.807, 2.05) is 31.5 Å². The van der Waals surface area contributed by atoms with Gasteiger partial charge in [0.15, 0.2) is 5.82 Å². The molecule has 1 aromatic heterocycles. The van der Waals surface area contributed by atoms with Crippen molar-refractivity contribution in [2.24, 2.45) is 0 Å². The maximum absolute atomic E-state index is 13.1. The van der Waals surface area contributed by atoms with Crippen LogP contribution < -0.4 is 5.32 Å². The smallest absolute Gasteiger partial charge is 0.318 e. The van der Waals surface area contributed by atoms with Gasteiger partial charge in [-0.3, -0.25) is 10.00 Å². The van der Waals surface area contributed by atoms with Gasteiger partial charge in [-0.1, -0.05) is 0 Å². The highest BCUT2D eigenvalue weighted by molar-refractivity contribution is 5.88. The molecule has 2 rings (SSSR count). The van der Waals surface area contributed by atoms with Crippen LogP contribution in [0.3, 0.4) is 0 Å². The fraction of sp³-hybridized carbons (Fsp3) is 0.538. The molecule has 19 heavy (non-hydrogen) atoms. The lowest BCUT2D eigenvalue weighted by molar-refractivity contribution is 0.210. The minimum Gasteiger partial charge on any atom is -0.318 e. The average Bonchev–Trinajstić information content (AvgIpc) is 2.70. The molecule has 0 spiro atoms. The Morgan fingerprint density at radius 2 is 2.26 bits per heavy atom. The van der Waals surface area contributed by atoms with Crippen LogP contribution in [-0.4, -0.2) is 33.8 Å². The molecule has 2 amide bonds. The first kappa shape index (κ1) is 13.6. The van der Waals surface area contributed by atoms with E-state index in [4.69, 9.17) is 0 Å². The Morgan fingerprint density at radius 1 is 1.53 bits per heavy atom. The number of halogens is 1. The Morgan fingerprint density at radius 3 is 2.84 bits per heavy atom. The van der Waals surface area contributed by atoms with Crippen molar-refractivity contribution in [2.45, 2.75) is 33.2 Å². The first-order chi connectivity index (χ1) is 8.97. The molecular weight excluding hydrogens is 247 g/mol. The van der Waals surface area contributed by atoms with Gasteiger partial charge in [0, 0.05) is 24.3 Å². The highest BCUT2D eigenvalue weighted by Gasteiger charge is 2.19. The van der Waals surface area contributed by atoms with E-state index in [-0.39, 0.29) is 24.4 Å². The fourth-order valence-corrected chi connectivity index (χ4v) is 2.14. The molecule has 1 aliphatic heterocycles. The van der Waals surface area contributed by atoms with E-state index in [2.05, 4.69) is 10.4 Å². The SMILES string of the molecule is Cc1cc(NC(=O)N2CCC=C(F)C2)nn1C(C)C.